The van der Waals surface area contributed by atoms with Gasteiger partial charge in [0.2, 0.25) is 5.91 Å². The van der Waals surface area contributed by atoms with Crippen LogP contribution in [-0.2, 0) is 4.79 Å². The third-order valence-electron chi connectivity index (χ3n) is 4.27. The first-order chi connectivity index (χ1) is 8.95. The summed E-state index contributed by atoms with van der Waals surface area (Å²) < 4.78 is 1.02. The van der Waals surface area contributed by atoms with Gasteiger partial charge in [-0.15, -0.1) is 0 Å². The van der Waals surface area contributed by atoms with E-state index in [1.165, 1.54) is 0 Å². The van der Waals surface area contributed by atoms with E-state index in [1.54, 1.807) is 0 Å². The number of nitrogens with two attached hydrogens (primary N) is 1. The van der Waals surface area contributed by atoms with Crippen LogP contribution in [0.4, 0.5) is 0 Å². The second kappa shape index (κ2) is 5.63. The van der Waals surface area contributed by atoms with E-state index < -0.39 is 5.41 Å². The zero-order valence-electron chi connectivity index (χ0n) is 11.4. The van der Waals surface area contributed by atoms with Gasteiger partial charge in [0.05, 0.1) is 11.5 Å². The lowest BCUT2D eigenvalue weighted by Gasteiger charge is -2.29. The minimum absolute atomic E-state index is 0.0206. The summed E-state index contributed by atoms with van der Waals surface area (Å²) in [6, 6.07) is 7.90. The van der Waals surface area contributed by atoms with Crippen molar-refractivity contribution in [1.29, 1.82) is 0 Å². The maximum atomic E-state index is 12.5. The first-order valence-electron chi connectivity index (χ1n) is 6.76. The first kappa shape index (κ1) is 14.5. The Labute approximate surface area is 123 Å². The average Bonchev–Trinajstić information content (AvgIpc) is 2.71. The van der Waals surface area contributed by atoms with Gasteiger partial charge in [-0.05, 0) is 38.3 Å². The molecule has 19 heavy (non-hydrogen) atoms. The zero-order valence-corrected chi connectivity index (χ0v) is 13.0. The summed E-state index contributed by atoms with van der Waals surface area (Å²) in [6.07, 6.45) is 2.85. The molecule has 1 aliphatic carbocycles. The van der Waals surface area contributed by atoms with Gasteiger partial charge < -0.3 is 11.1 Å². The minimum Gasteiger partial charge on any atom is -0.349 e. The molecule has 1 amide bonds. The summed E-state index contributed by atoms with van der Waals surface area (Å²) in [5.74, 6) is 0.0701. The van der Waals surface area contributed by atoms with Crippen molar-refractivity contribution >= 4 is 21.8 Å². The molecule has 3 unspecified atom stereocenters. The topological polar surface area (TPSA) is 55.1 Å². The fourth-order valence-electron chi connectivity index (χ4n) is 2.74. The number of carbonyl (C=O) groups excluding carboxylic acids is 1. The molecule has 1 aromatic carbocycles. The Morgan fingerprint density at radius 3 is 2.79 bits per heavy atom. The lowest BCUT2D eigenvalue weighted by Crippen LogP contribution is -2.47. The molecule has 1 aromatic rings. The SMILES string of the molecule is CC(NC(=O)C1(C)CCCC1N)c1ccccc1Br. The van der Waals surface area contributed by atoms with Crippen molar-refractivity contribution in [2.45, 2.75) is 45.2 Å². The predicted molar refractivity (Wildman–Crippen MR) is 80.6 cm³/mol. The van der Waals surface area contributed by atoms with Crippen molar-refractivity contribution in [2.24, 2.45) is 11.1 Å². The quantitative estimate of drug-likeness (QED) is 0.897. The highest BCUT2D eigenvalue weighted by atomic mass is 79.9. The summed E-state index contributed by atoms with van der Waals surface area (Å²) in [5.41, 5.74) is 6.76. The number of hydrogen-bond acceptors (Lipinski definition) is 2. The maximum absolute atomic E-state index is 12.5. The number of nitrogens with one attached hydrogen (secondary N) is 1. The fraction of sp³-hybridized carbons (Fsp3) is 0.533. The monoisotopic (exact) mass is 324 g/mol. The molecule has 0 bridgehead atoms. The molecule has 1 aliphatic rings. The van der Waals surface area contributed by atoms with Gasteiger partial charge in [-0.1, -0.05) is 40.5 Å². The van der Waals surface area contributed by atoms with Crippen molar-refractivity contribution in [3.05, 3.63) is 34.3 Å². The molecule has 0 radical (unpaired) electrons. The normalized spacial score (nSPS) is 28.1. The largest absolute Gasteiger partial charge is 0.349 e. The fourth-order valence-corrected chi connectivity index (χ4v) is 3.37. The van der Waals surface area contributed by atoms with Crippen LogP contribution < -0.4 is 11.1 Å². The van der Waals surface area contributed by atoms with E-state index in [0.29, 0.717) is 0 Å². The van der Waals surface area contributed by atoms with Gasteiger partial charge in [0.1, 0.15) is 0 Å². The molecule has 3 N–H and O–H groups in total. The molecule has 0 spiro atoms. The zero-order chi connectivity index (χ0) is 14.0. The summed E-state index contributed by atoms with van der Waals surface area (Å²) in [5, 5.41) is 3.10. The molecule has 3 atom stereocenters. The van der Waals surface area contributed by atoms with Crippen LogP contribution in [0.25, 0.3) is 0 Å². The summed E-state index contributed by atoms with van der Waals surface area (Å²) >= 11 is 3.52. The third-order valence-corrected chi connectivity index (χ3v) is 4.99. The smallest absolute Gasteiger partial charge is 0.227 e. The van der Waals surface area contributed by atoms with Crippen molar-refractivity contribution in [3.8, 4) is 0 Å². The highest BCUT2D eigenvalue weighted by molar-refractivity contribution is 9.10. The second-order valence-corrected chi connectivity index (χ2v) is 6.49. The van der Waals surface area contributed by atoms with Crippen LogP contribution in [0.3, 0.4) is 0 Å². The lowest BCUT2D eigenvalue weighted by molar-refractivity contribution is -0.131. The Bertz CT molecular complexity index is 477. The van der Waals surface area contributed by atoms with Crippen molar-refractivity contribution in [2.75, 3.05) is 0 Å². The number of benzene rings is 1. The molecular formula is C15H21BrN2O. The molecule has 4 heteroatoms. The number of halogens is 1. The van der Waals surface area contributed by atoms with Crippen LogP contribution in [0.15, 0.2) is 28.7 Å². The van der Waals surface area contributed by atoms with Gasteiger partial charge in [0.15, 0.2) is 0 Å². The molecule has 3 nitrogen and oxygen atoms in total. The van der Waals surface area contributed by atoms with Crippen LogP contribution in [-0.4, -0.2) is 11.9 Å². The highest BCUT2D eigenvalue weighted by Crippen LogP contribution is 2.37. The van der Waals surface area contributed by atoms with Crippen LogP contribution in [0.2, 0.25) is 0 Å². The molecule has 0 saturated heterocycles. The minimum atomic E-state index is -0.421. The Balaban J connectivity index is 2.09. The molecule has 0 aromatic heterocycles. The summed E-state index contributed by atoms with van der Waals surface area (Å²) in [7, 11) is 0. The van der Waals surface area contributed by atoms with Gasteiger partial charge in [0.25, 0.3) is 0 Å². The van der Waals surface area contributed by atoms with E-state index in [4.69, 9.17) is 5.73 Å². The van der Waals surface area contributed by atoms with E-state index in [2.05, 4.69) is 21.2 Å². The summed E-state index contributed by atoms with van der Waals surface area (Å²) in [4.78, 5) is 12.5. The first-order valence-corrected chi connectivity index (χ1v) is 7.55. The van der Waals surface area contributed by atoms with E-state index in [9.17, 15) is 4.79 Å². The van der Waals surface area contributed by atoms with Crippen molar-refractivity contribution < 1.29 is 4.79 Å². The van der Waals surface area contributed by atoms with Crippen molar-refractivity contribution in [1.82, 2.24) is 5.32 Å². The molecule has 1 saturated carbocycles. The molecule has 1 fully saturated rings. The summed E-state index contributed by atoms with van der Waals surface area (Å²) in [6.45, 7) is 3.98. The lowest BCUT2D eigenvalue weighted by atomic mass is 9.84. The Morgan fingerprint density at radius 1 is 1.53 bits per heavy atom. The third kappa shape index (κ3) is 2.84. The van der Waals surface area contributed by atoms with Crippen LogP contribution in [0.5, 0.6) is 0 Å². The van der Waals surface area contributed by atoms with Gasteiger partial charge in [-0.3, -0.25) is 4.79 Å². The number of amides is 1. The van der Waals surface area contributed by atoms with Gasteiger partial charge in [-0.2, -0.15) is 0 Å². The number of rotatable bonds is 3. The average molecular weight is 325 g/mol. The maximum Gasteiger partial charge on any atom is 0.227 e. The molecular weight excluding hydrogens is 304 g/mol. The Morgan fingerprint density at radius 2 is 2.21 bits per heavy atom. The number of carbonyl (C=O) groups is 1. The molecule has 0 heterocycles. The Kier molecular flexibility index (Phi) is 4.31. The Hall–Kier alpha value is -0.870. The van der Waals surface area contributed by atoms with E-state index in [-0.39, 0.29) is 18.0 Å². The van der Waals surface area contributed by atoms with Crippen LogP contribution >= 0.6 is 15.9 Å². The van der Waals surface area contributed by atoms with Gasteiger partial charge in [-0.25, -0.2) is 0 Å². The van der Waals surface area contributed by atoms with E-state index in [1.807, 2.05) is 38.1 Å². The predicted octanol–water partition coefficient (Wildman–Crippen LogP) is 3.14. The van der Waals surface area contributed by atoms with Crippen LogP contribution in [0, 0.1) is 5.41 Å². The van der Waals surface area contributed by atoms with Gasteiger partial charge in [0, 0.05) is 10.5 Å². The number of hydrogen-bond donors (Lipinski definition) is 2. The standard InChI is InChI=1S/C15H21BrN2O/c1-10(11-6-3-4-7-12(11)16)18-14(19)15(2)9-5-8-13(15)17/h3-4,6-7,10,13H,5,8-9,17H2,1-2H3,(H,18,19). The van der Waals surface area contributed by atoms with Gasteiger partial charge >= 0.3 is 0 Å². The second-order valence-electron chi connectivity index (χ2n) is 5.63. The van der Waals surface area contributed by atoms with E-state index >= 15 is 0 Å². The van der Waals surface area contributed by atoms with E-state index in [0.717, 1.165) is 29.3 Å². The highest BCUT2D eigenvalue weighted by Gasteiger charge is 2.43. The molecule has 104 valence electrons. The van der Waals surface area contributed by atoms with Crippen LogP contribution in [0.1, 0.15) is 44.7 Å². The molecule has 2 rings (SSSR count). The molecule has 0 aliphatic heterocycles. The van der Waals surface area contributed by atoms with Crippen molar-refractivity contribution in [3.63, 3.8) is 0 Å².